The van der Waals surface area contributed by atoms with Crippen molar-refractivity contribution in [2.24, 2.45) is 5.73 Å². The molecule has 2 rings (SSSR count). The van der Waals surface area contributed by atoms with Crippen LogP contribution in [0.25, 0.3) is 0 Å². The van der Waals surface area contributed by atoms with Gasteiger partial charge in [-0.3, -0.25) is 0 Å². The monoisotopic (exact) mass is 249 g/mol. The molecule has 0 radical (unpaired) electrons. The molecule has 15 heavy (non-hydrogen) atoms. The van der Waals surface area contributed by atoms with Crippen molar-refractivity contribution in [2.75, 3.05) is 18.0 Å². The van der Waals surface area contributed by atoms with Crippen LogP contribution in [0.4, 0.5) is 5.82 Å². The maximum absolute atomic E-state index is 5.57. The zero-order valence-corrected chi connectivity index (χ0v) is 10.2. The SMILES string of the molecule is Cl.Cl.NCc1ccnc(N2CCCC2)c1. The molecule has 1 fully saturated rings. The molecule has 0 spiro atoms. The Kier molecular flexibility index (Phi) is 6.65. The van der Waals surface area contributed by atoms with Crippen LogP contribution in [0.5, 0.6) is 0 Å². The highest BCUT2D eigenvalue weighted by Gasteiger charge is 2.12. The van der Waals surface area contributed by atoms with E-state index in [0.29, 0.717) is 6.54 Å². The fourth-order valence-electron chi connectivity index (χ4n) is 1.71. The minimum Gasteiger partial charge on any atom is -0.357 e. The molecule has 1 aromatic rings. The predicted molar refractivity (Wildman–Crippen MR) is 68.1 cm³/mol. The third-order valence-corrected chi connectivity index (χ3v) is 2.48. The van der Waals surface area contributed by atoms with Gasteiger partial charge < -0.3 is 10.6 Å². The standard InChI is InChI=1S/C10H15N3.2ClH/c11-8-9-3-4-12-10(7-9)13-5-1-2-6-13;;/h3-4,7H,1-2,5-6,8,11H2;2*1H. The maximum Gasteiger partial charge on any atom is 0.128 e. The molecule has 0 atom stereocenters. The molecule has 0 saturated carbocycles. The van der Waals surface area contributed by atoms with E-state index in [4.69, 9.17) is 5.73 Å². The Morgan fingerprint density at radius 2 is 1.93 bits per heavy atom. The van der Waals surface area contributed by atoms with Gasteiger partial charge in [0.05, 0.1) is 0 Å². The molecular formula is C10H17Cl2N3. The lowest BCUT2D eigenvalue weighted by Gasteiger charge is -2.16. The zero-order chi connectivity index (χ0) is 9.10. The summed E-state index contributed by atoms with van der Waals surface area (Å²) in [6.07, 6.45) is 4.42. The molecule has 0 amide bonds. The number of pyridine rings is 1. The second kappa shape index (κ2) is 6.88. The first-order valence-corrected chi connectivity index (χ1v) is 4.80. The van der Waals surface area contributed by atoms with Gasteiger partial charge in [0, 0.05) is 25.8 Å². The van der Waals surface area contributed by atoms with Gasteiger partial charge in [-0.2, -0.15) is 0 Å². The Morgan fingerprint density at radius 3 is 2.53 bits per heavy atom. The van der Waals surface area contributed by atoms with Gasteiger partial charge in [0.1, 0.15) is 5.82 Å². The summed E-state index contributed by atoms with van der Waals surface area (Å²) in [6.45, 7) is 2.88. The van der Waals surface area contributed by atoms with Crippen molar-refractivity contribution in [3.8, 4) is 0 Å². The van der Waals surface area contributed by atoms with E-state index in [0.717, 1.165) is 24.5 Å². The molecule has 2 heterocycles. The first-order valence-electron chi connectivity index (χ1n) is 4.80. The van der Waals surface area contributed by atoms with Gasteiger partial charge >= 0.3 is 0 Å². The average molecular weight is 250 g/mol. The number of hydrogen-bond donors (Lipinski definition) is 1. The summed E-state index contributed by atoms with van der Waals surface area (Å²) in [5.41, 5.74) is 6.73. The Balaban J connectivity index is 0.000000980. The number of nitrogens with two attached hydrogens (primary N) is 1. The molecule has 1 aromatic heterocycles. The number of anilines is 1. The van der Waals surface area contributed by atoms with Crippen LogP contribution in [-0.4, -0.2) is 18.1 Å². The van der Waals surface area contributed by atoms with Crippen LogP contribution in [0.1, 0.15) is 18.4 Å². The molecule has 1 aliphatic heterocycles. The normalized spacial score (nSPS) is 14.3. The van der Waals surface area contributed by atoms with Crippen LogP contribution < -0.4 is 10.6 Å². The van der Waals surface area contributed by atoms with Crippen molar-refractivity contribution in [1.82, 2.24) is 4.98 Å². The van der Waals surface area contributed by atoms with E-state index in [1.165, 1.54) is 12.8 Å². The number of rotatable bonds is 2. The number of aromatic nitrogens is 1. The lowest BCUT2D eigenvalue weighted by molar-refractivity contribution is 0.928. The van der Waals surface area contributed by atoms with E-state index in [9.17, 15) is 0 Å². The minimum atomic E-state index is 0. The van der Waals surface area contributed by atoms with E-state index in [1.54, 1.807) is 0 Å². The summed E-state index contributed by atoms with van der Waals surface area (Å²) >= 11 is 0. The van der Waals surface area contributed by atoms with Gasteiger partial charge in [-0.15, -0.1) is 24.8 Å². The molecule has 0 aliphatic carbocycles. The average Bonchev–Trinajstić information content (AvgIpc) is 2.71. The van der Waals surface area contributed by atoms with Crippen molar-refractivity contribution in [3.05, 3.63) is 23.9 Å². The van der Waals surface area contributed by atoms with Crippen molar-refractivity contribution in [3.63, 3.8) is 0 Å². The number of nitrogens with zero attached hydrogens (tertiary/aromatic N) is 2. The Bertz CT molecular complexity index is 288. The van der Waals surface area contributed by atoms with Gasteiger partial charge in [0.2, 0.25) is 0 Å². The van der Waals surface area contributed by atoms with Crippen molar-refractivity contribution < 1.29 is 0 Å². The molecular weight excluding hydrogens is 233 g/mol. The first kappa shape index (κ1) is 14.5. The lowest BCUT2D eigenvalue weighted by Crippen LogP contribution is -2.19. The van der Waals surface area contributed by atoms with Gasteiger partial charge in [-0.25, -0.2) is 4.98 Å². The highest BCUT2D eigenvalue weighted by molar-refractivity contribution is 5.85. The second-order valence-electron chi connectivity index (χ2n) is 3.42. The maximum atomic E-state index is 5.57. The lowest BCUT2D eigenvalue weighted by atomic mass is 10.2. The van der Waals surface area contributed by atoms with Crippen LogP contribution in [0.15, 0.2) is 18.3 Å². The Hall–Kier alpha value is -0.510. The topological polar surface area (TPSA) is 42.1 Å². The van der Waals surface area contributed by atoms with Gasteiger partial charge in [-0.05, 0) is 30.5 Å². The van der Waals surface area contributed by atoms with Gasteiger partial charge in [-0.1, -0.05) is 0 Å². The van der Waals surface area contributed by atoms with Crippen molar-refractivity contribution in [1.29, 1.82) is 0 Å². The molecule has 0 aromatic carbocycles. The fraction of sp³-hybridized carbons (Fsp3) is 0.500. The van der Waals surface area contributed by atoms with Gasteiger partial charge in [0.15, 0.2) is 0 Å². The number of halogens is 2. The largest absolute Gasteiger partial charge is 0.357 e. The smallest absolute Gasteiger partial charge is 0.128 e. The van der Waals surface area contributed by atoms with Crippen LogP contribution >= 0.6 is 24.8 Å². The Labute approximate surface area is 103 Å². The van der Waals surface area contributed by atoms with Crippen LogP contribution in [0.3, 0.4) is 0 Å². The molecule has 3 nitrogen and oxygen atoms in total. The summed E-state index contributed by atoms with van der Waals surface area (Å²) in [7, 11) is 0. The van der Waals surface area contributed by atoms with E-state index in [2.05, 4.69) is 16.0 Å². The van der Waals surface area contributed by atoms with Crippen molar-refractivity contribution in [2.45, 2.75) is 19.4 Å². The molecule has 5 heteroatoms. The molecule has 1 aliphatic rings. The zero-order valence-electron chi connectivity index (χ0n) is 8.56. The van der Waals surface area contributed by atoms with Crippen molar-refractivity contribution >= 4 is 30.6 Å². The molecule has 2 N–H and O–H groups in total. The summed E-state index contributed by atoms with van der Waals surface area (Å²) in [4.78, 5) is 6.66. The van der Waals surface area contributed by atoms with E-state index < -0.39 is 0 Å². The predicted octanol–water partition coefficient (Wildman–Crippen LogP) is 1.98. The Morgan fingerprint density at radius 1 is 1.27 bits per heavy atom. The van der Waals surface area contributed by atoms with Crippen LogP contribution in [0, 0.1) is 0 Å². The van der Waals surface area contributed by atoms with E-state index in [1.807, 2.05) is 12.3 Å². The van der Waals surface area contributed by atoms with E-state index in [-0.39, 0.29) is 24.8 Å². The molecule has 0 bridgehead atoms. The molecule has 1 saturated heterocycles. The quantitative estimate of drug-likeness (QED) is 0.872. The minimum absolute atomic E-state index is 0. The summed E-state index contributed by atoms with van der Waals surface area (Å²) in [5, 5.41) is 0. The van der Waals surface area contributed by atoms with E-state index >= 15 is 0 Å². The highest BCUT2D eigenvalue weighted by atomic mass is 35.5. The summed E-state index contributed by atoms with van der Waals surface area (Å²) < 4.78 is 0. The molecule has 0 unspecified atom stereocenters. The van der Waals surface area contributed by atoms with Crippen LogP contribution in [0.2, 0.25) is 0 Å². The summed E-state index contributed by atoms with van der Waals surface area (Å²) in [5.74, 6) is 1.08. The first-order chi connectivity index (χ1) is 6.40. The number of hydrogen-bond acceptors (Lipinski definition) is 3. The fourth-order valence-corrected chi connectivity index (χ4v) is 1.71. The second-order valence-corrected chi connectivity index (χ2v) is 3.42. The van der Waals surface area contributed by atoms with Gasteiger partial charge in [0.25, 0.3) is 0 Å². The van der Waals surface area contributed by atoms with Crippen LogP contribution in [-0.2, 0) is 6.54 Å². The third kappa shape index (κ3) is 3.52. The summed E-state index contributed by atoms with van der Waals surface area (Å²) in [6, 6.07) is 4.06. The molecule has 86 valence electrons. The highest BCUT2D eigenvalue weighted by Crippen LogP contribution is 2.17. The third-order valence-electron chi connectivity index (χ3n) is 2.48.